The van der Waals surface area contributed by atoms with E-state index >= 15 is 0 Å². The summed E-state index contributed by atoms with van der Waals surface area (Å²) in [7, 11) is 1.69. The smallest absolute Gasteiger partial charge is 0.301 e. The maximum atomic E-state index is 12.2. The van der Waals surface area contributed by atoms with Gasteiger partial charge in [0.2, 0.25) is 0 Å². The number of aliphatic imine (C=N–C) groups is 1. The van der Waals surface area contributed by atoms with Crippen LogP contribution in [-0.4, -0.2) is 38.3 Å². The van der Waals surface area contributed by atoms with Gasteiger partial charge in [-0.15, -0.1) is 0 Å². The van der Waals surface area contributed by atoms with Crippen molar-refractivity contribution >= 4 is 57.7 Å². The van der Waals surface area contributed by atoms with Crippen LogP contribution in [-0.2, 0) is 0 Å². The van der Waals surface area contributed by atoms with Crippen LogP contribution in [0.5, 0.6) is 0 Å². The zero-order chi connectivity index (χ0) is 30.2. The topological polar surface area (TPSA) is 144 Å². The number of nitro groups is 2. The minimum Gasteiger partial charge on any atom is -0.354 e. The van der Waals surface area contributed by atoms with E-state index in [4.69, 9.17) is 9.62 Å². The Morgan fingerprint density at radius 2 is 1.72 bits per heavy atom. The van der Waals surface area contributed by atoms with Crippen LogP contribution < -0.4 is 9.91 Å². The number of fused-ring (bicyclic) bond motifs is 1. The van der Waals surface area contributed by atoms with Crippen LogP contribution in [0.25, 0.3) is 12.2 Å². The van der Waals surface area contributed by atoms with Gasteiger partial charge in [0, 0.05) is 13.1 Å². The van der Waals surface area contributed by atoms with Gasteiger partial charge in [-0.25, -0.2) is 5.01 Å². The summed E-state index contributed by atoms with van der Waals surface area (Å²) in [5.41, 5.74) is 3.54. The Morgan fingerprint density at radius 3 is 2.40 bits per heavy atom. The van der Waals surface area contributed by atoms with Crippen molar-refractivity contribution in [3.05, 3.63) is 121 Å². The average molecular weight is 596 g/mol. The van der Waals surface area contributed by atoms with Crippen molar-refractivity contribution in [3.8, 4) is 0 Å². The molecule has 0 spiro atoms. The minimum absolute atomic E-state index is 0.143. The van der Waals surface area contributed by atoms with Gasteiger partial charge in [0.15, 0.2) is 16.8 Å². The van der Waals surface area contributed by atoms with E-state index in [0.717, 1.165) is 22.8 Å². The number of hydrazone groups is 1. The van der Waals surface area contributed by atoms with Crippen molar-refractivity contribution in [1.29, 1.82) is 0 Å². The van der Waals surface area contributed by atoms with E-state index in [1.165, 1.54) is 23.9 Å². The van der Waals surface area contributed by atoms with Crippen molar-refractivity contribution < 1.29 is 14.4 Å². The molecule has 13 heteroatoms. The lowest BCUT2D eigenvalue weighted by Crippen LogP contribution is -2.32. The first-order chi connectivity index (χ1) is 20.8. The molecule has 3 heterocycles. The Morgan fingerprint density at radius 1 is 0.977 bits per heavy atom. The van der Waals surface area contributed by atoms with Gasteiger partial charge in [-0.3, -0.25) is 30.1 Å². The van der Waals surface area contributed by atoms with Crippen molar-refractivity contribution in [2.45, 2.75) is 25.1 Å². The molecule has 43 heavy (non-hydrogen) atoms. The van der Waals surface area contributed by atoms with Crippen LogP contribution in [0.3, 0.4) is 0 Å². The third kappa shape index (κ3) is 5.03. The Labute approximate surface area is 250 Å². The highest BCUT2D eigenvalue weighted by Crippen LogP contribution is 2.50. The van der Waals surface area contributed by atoms with Crippen molar-refractivity contribution in [3.63, 3.8) is 0 Å². The van der Waals surface area contributed by atoms with Gasteiger partial charge in [-0.1, -0.05) is 83.2 Å². The summed E-state index contributed by atoms with van der Waals surface area (Å²) in [4.78, 5) is 28.8. The third-order valence-corrected chi connectivity index (χ3v) is 8.50. The Hall–Kier alpha value is -5.30. The molecular weight excluding hydrogens is 570 g/mol. The molecule has 0 saturated carbocycles. The molecule has 2 aliphatic heterocycles. The average Bonchev–Trinajstić information content (AvgIpc) is 3.67. The first-order valence-corrected chi connectivity index (χ1v) is 14.1. The predicted molar refractivity (Wildman–Crippen MR) is 167 cm³/mol. The fourth-order valence-corrected chi connectivity index (χ4v) is 6.45. The van der Waals surface area contributed by atoms with Gasteiger partial charge in [0.25, 0.3) is 5.69 Å². The standard InChI is InChI=1S/C30H25N7O5S/c1-18-9-12-21(13-10-18)27-28-29(32-35(27)23-15-14-22(36(38)39)17-24(23)37(40)41)34(30(31-3)43-28)26-19(2)33-42-25(26)16-11-20-7-5-4-6-8-20/h4-17,27-28H,1-3H3/b16-11+,31-30?/t27-,28-/m1/s1. The molecule has 3 aromatic carbocycles. The molecule has 0 N–H and O–H groups in total. The number of non-ortho nitro benzene ring substituents is 1. The third-order valence-electron chi connectivity index (χ3n) is 7.20. The number of aryl methyl sites for hydroxylation is 2. The molecule has 1 fully saturated rings. The van der Waals surface area contributed by atoms with E-state index < -0.39 is 21.6 Å². The molecule has 1 saturated heterocycles. The molecule has 0 unspecified atom stereocenters. The number of rotatable bonds is 7. The molecule has 6 rings (SSSR count). The quantitative estimate of drug-likeness (QED) is 0.167. The number of amidine groups is 2. The van der Waals surface area contributed by atoms with Crippen molar-refractivity contribution in [2.24, 2.45) is 10.1 Å². The van der Waals surface area contributed by atoms with Crippen LogP contribution in [0.15, 0.2) is 87.4 Å². The lowest BCUT2D eigenvalue weighted by molar-refractivity contribution is -0.393. The summed E-state index contributed by atoms with van der Waals surface area (Å²) in [6, 6.07) is 20.8. The monoisotopic (exact) mass is 595 g/mol. The summed E-state index contributed by atoms with van der Waals surface area (Å²) < 4.78 is 5.73. The Bertz CT molecular complexity index is 1820. The zero-order valence-corrected chi connectivity index (χ0v) is 24.1. The summed E-state index contributed by atoms with van der Waals surface area (Å²) in [5, 5.41) is 34.7. The highest BCUT2D eigenvalue weighted by Gasteiger charge is 2.51. The number of nitrogens with zero attached hydrogens (tertiary/aromatic N) is 7. The number of aromatic nitrogens is 1. The van der Waals surface area contributed by atoms with E-state index in [2.05, 4.69) is 10.1 Å². The van der Waals surface area contributed by atoms with Crippen LogP contribution >= 0.6 is 11.8 Å². The first-order valence-electron chi connectivity index (χ1n) is 13.3. The summed E-state index contributed by atoms with van der Waals surface area (Å²) >= 11 is 1.48. The van der Waals surface area contributed by atoms with Gasteiger partial charge < -0.3 is 4.52 Å². The molecule has 0 radical (unpaired) electrons. The maximum Gasteiger partial charge on any atom is 0.301 e. The first kappa shape index (κ1) is 27.8. The Kier molecular flexibility index (Phi) is 7.24. The van der Waals surface area contributed by atoms with E-state index in [-0.39, 0.29) is 16.6 Å². The molecule has 0 bridgehead atoms. The fourth-order valence-electron chi connectivity index (χ4n) is 5.16. The second kappa shape index (κ2) is 11.2. The normalized spacial score (nSPS) is 18.9. The van der Waals surface area contributed by atoms with Crippen molar-refractivity contribution in [1.82, 2.24) is 5.16 Å². The highest BCUT2D eigenvalue weighted by atomic mass is 32.2. The fraction of sp³-hybridized carbons (Fsp3) is 0.167. The SMILES string of the molecule is CN=C1S[C@H]2C(=NN(c3ccc([N+](=O)[O-])cc3[N+](=O)[O-])[C@@H]2c2ccc(C)cc2)N1c1c(C)noc1/C=C/c1ccccc1. The van der Waals surface area contributed by atoms with Crippen LogP contribution in [0.2, 0.25) is 0 Å². The van der Waals surface area contributed by atoms with Crippen LogP contribution in [0.1, 0.15) is 34.2 Å². The van der Waals surface area contributed by atoms with Gasteiger partial charge >= 0.3 is 5.69 Å². The number of hydrogen-bond acceptors (Lipinski definition) is 10. The molecular formula is C30H25N7O5S. The van der Waals surface area contributed by atoms with Gasteiger partial charge in [0.05, 0.1) is 27.2 Å². The minimum atomic E-state index is -0.653. The predicted octanol–water partition coefficient (Wildman–Crippen LogP) is 6.76. The van der Waals surface area contributed by atoms with E-state index in [0.29, 0.717) is 28.1 Å². The number of benzene rings is 3. The second-order valence-electron chi connectivity index (χ2n) is 9.95. The lowest BCUT2D eigenvalue weighted by Gasteiger charge is -2.26. The Balaban J connectivity index is 1.50. The molecule has 0 amide bonds. The van der Waals surface area contributed by atoms with E-state index in [1.54, 1.807) is 12.1 Å². The van der Waals surface area contributed by atoms with E-state index in [9.17, 15) is 20.2 Å². The molecule has 216 valence electrons. The number of thioether (sulfide) groups is 1. The van der Waals surface area contributed by atoms with Gasteiger partial charge in [-0.2, -0.15) is 5.10 Å². The van der Waals surface area contributed by atoms with Crippen LogP contribution in [0.4, 0.5) is 22.7 Å². The van der Waals surface area contributed by atoms with Crippen LogP contribution in [0, 0.1) is 34.1 Å². The van der Waals surface area contributed by atoms with Gasteiger partial charge in [0.1, 0.15) is 17.1 Å². The second-order valence-corrected chi connectivity index (χ2v) is 11.1. The number of nitro benzene ring substituents is 2. The summed E-state index contributed by atoms with van der Waals surface area (Å²) in [6.07, 6.45) is 3.76. The molecule has 12 nitrogen and oxygen atoms in total. The summed E-state index contributed by atoms with van der Waals surface area (Å²) in [6.45, 7) is 3.81. The summed E-state index contributed by atoms with van der Waals surface area (Å²) in [5.74, 6) is 1.09. The molecule has 2 aliphatic rings. The maximum absolute atomic E-state index is 12.2. The lowest BCUT2D eigenvalue weighted by atomic mass is 10.0. The van der Waals surface area contributed by atoms with Crippen molar-refractivity contribution in [2.75, 3.05) is 17.0 Å². The molecule has 2 atom stereocenters. The molecule has 1 aromatic heterocycles. The number of anilines is 2. The highest BCUT2D eigenvalue weighted by molar-refractivity contribution is 8.16. The zero-order valence-electron chi connectivity index (χ0n) is 23.3. The van der Waals surface area contributed by atoms with E-state index in [1.807, 2.05) is 85.5 Å². The number of hydrogen-bond donors (Lipinski definition) is 0. The molecule has 0 aliphatic carbocycles. The van der Waals surface area contributed by atoms with Gasteiger partial charge in [-0.05, 0) is 37.1 Å². The largest absolute Gasteiger partial charge is 0.354 e. The molecule has 4 aromatic rings.